The molecule has 3 heterocycles. The Morgan fingerprint density at radius 1 is 1.36 bits per heavy atom. The summed E-state index contributed by atoms with van der Waals surface area (Å²) in [5.74, 6) is 1.76. The minimum atomic E-state index is -0.162. The molecule has 7 heteroatoms. The van der Waals surface area contributed by atoms with Gasteiger partial charge in [0, 0.05) is 26.6 Å². The van der Waals surface area contributed by atoms with Crippen molar-refractivity contribution in [1.82, 2.24) is 25.0 Å². The molecule has 1 N–H and O–H groups in total. The van der Waals surface area contributed by atoms with Gasteiger partial charge in [-0.15, -0.1) is 0 Å². The fourth-order valence-electron chi connectivity index (χ4n) is 4.38. The second-order valence-corrected chi connectivity index (χ2v) is 7.27. The molecule has 0 radical (unpaired) electrons. The summed E-state index contributed by atoms with van der Waals surface area (Å²) in [6.07, 6.45) is 6.84. The van der Waals surface area contributed by atoms with Crippen LogP contribution in [0.5, 0.6) is 0 Å². The number of fused-ring (bicyclic) bond motifs is 1. The number of ether oxygens (including phenoxy) is 1. The van der Waals surface area contributed by atoms with Crippen LogP contribution in [-0.4, -0.2) is 51.5 Å². The Labute approximate surface area is 150 Å². The highest BCUT2D eigenvalue weighted by Crippen LogP contribution is 2.34. The average molecular weight is 349 g/mol. The lowest BCUT2D eigenvalue weighted by atomic mass is 9.91. The number of rotatable bonds is 6. The normalized spacial score (nSPS) is 25.9. The highest BCUT2D eigenvalue weighted by atomic mass is 16.5. The van der Waals surface area contributed by atoms with Gasteiger partial charge >= 0.3 is 6.03 Å². The Hall–Kier alpha value is -1.63. The highest BCUT2D eigenvalue weighted by Gasteiger charge is 2.43. The third-order valence-electron chi connectivity index (χ3n) is 5.50. The molecule has 2 atom stereocenters. The van der Waals surface area contributed by atoms with Crippen LogP contribution in [0.15, 0.2) is 0 Å². The molecule has 0 saturated carbocycles. The van der Waals surface area contributed by atoms with Gasteiger partial charge in [0.2, 0.25) is 0 Å². The van der Waals surface area contributed by atoms with Gasteiger partial charge in [0.05, 0.1) is 18.2 Å². The van der Waals surface area contributed by atoms with E-state index in [1.807, 2.05) is 9.58 Å². The van der Waals surface area contributed by atoms with Gasteiger partial charge in [-0.3, -0.25) is 0 Å². The molecule has 2 aliphatic rings. The number of hydrogen-bond acceptors (Lipinski definition) is 4. The second-order valence-electron chi connectivity index (χ2n) is 7.27. The maximum Gasteiger partial charge on any atom is 0.318 e. The van der Waals surface area contributed by atoms with E-state index in [4.69, 9.17) is 4.74 Å². The van der Waals surface area contributed by atoms with E-state index >= 15 is 0 Å². The van der Waals surface area contributed by atoms with Gasteiger partial charge in [0.25, 0.3) is 0 Å². The van der Waals surface area contributed by atoms with Crippen LogP contribution in [0.2, 0.25) is 0 Å². The quantitative estimate of drug-likeness (QED) is 0.857. The molecular weight excluding hydrogens is 318 g/mol. The summed E-state index contributed by atoms with van der Waals surface area (Å²) in [5.41, 5.74) is -0.162. The highest BCUT2D eigenvalue weighted by molar-refractivity contribution is 5.76. The summed E-state index contributed by atoms with van der Waals surface area (Å²) in [6, 6.07) is -0.0287. The number of amides is 2. The van der Waals surface area contributed by atoms with Crippen molar-refractivity contribution in [3.05, 3.63) is 11.6 Å². The molecule has 0 bridgehead atoms. The predicted molar refractivity (Wildman–Crippen MR) is 95.4 cm³/mol. The van der Waals surface area contributed by atoms with E-state index in [1.165, 1.54) is 0 Å². The first-order valence-corrected chi connectivity index (χ1v) is 9.64. The zero-order valence-electron chi connectivity index (χ0n) is 15.8. The van der Waals surface area contributed by atoms with E-state index in [9.17, 15) is 4.79 Å². The first-order chi connectivity index (χ1) is 12.1. The van der Waals surface area contributed by atoms with Crippen LogP contribution in [0.1, 0.15) is 70.1 Å². The number of likely N-dealkylation sites (tertiary alicyclic amines) is 1. The molecule has 0 unspecified atom stereocenters. The molecule has 0 aromatic carbocycles. The van der Waals surface area contributed by atoms with Crippen molar-refractivity contribution in [3.63, 3.8) is 0 Å². The predicted octanol–water partition coefficient (Wildman–Crippen LogP) is 2.67. The molecule has 25 heavy (non-hydrogen) atoms. The zero-order valence-corrected chi connectivity index (χ0v) is 15.8. The monoisotopic (exact) mass is 349 g/mol. The largest absolute Gasteiger partial charge is 0.382 e. The van der Waals surface area contributed by atoms with Crippen molar-refractivity contribution in [2.45, 2.75) is 76.9 Å². The maximum absolute atomic E-state index is 13.1. The Balaban J connectivity index is 1.75. The summed E-state index contributed by atoms with van der Waals surface area (Å²) in [7, 11) is 1.72. The molecule has 2 aliphatic heterocycles. The van der Waals surface area contributed by atoms with Crippen molar-refractivity contribution in [2.24, 2.45) is 0 Å². The molecule has 2 amide bonds. The topological polar surface area (TPSA) is 72.3 Å². The summed E-state index contributed by atoms with van der Waals surface area (Å²) in [6.45, 7) is 6.52. The number of methoxy groups -OCH3 is 1. The fraction of sp³-hybridized carbons (Fsp3) is 0.833. The van der Waals surface area contributed by atoms with Crippen molar-refractivity contribution in [2.75, 3.05) is 20.3 Å². The molecule has 1 fully saturated rings. The number of nitrogens with zero attached hydrogens (tertiary/aromatic N) is 4. The van der Waals surface area contributed by atoms with Crippen LogP contribution in [-0.2, 0) is 17.7 Å². The molecule has 1 aromatic rings. The number of aryl methyl sites for hydroxylation is 2. The Morgan fingerprint density at radius 3 is 2.92 bits per heavy atom. The van der Waals surface area contributed by atoms with Gasteiger partial charge in [0.1, 0.15) is 5.82 Å². The van der Waals surface area contributed by atoms with Crippen molar-refractivity contribution in [3.8, 4) is 0 Å². The average Bonchev–Trinajstić information content (AvgIpc) is 3.20. The van der Waals surface area contributed by atoms with Crippen molar-refractivity contribution < 1.29 is 9.53 Å². The summed E-state index contributed by atoms with van der Waals surface area (Å²) in [4.78, 5) is 19.7. The van der Waals surface area contributed by atoms with E-state index in [0.717, 1.165) is 69.7 Å². The first-order valence-electron chi connectivity index (χ1n) is 9.64. The number of nitrogens with one attached hydrogen (secondary N) is 1. The Morgan fingerprint density at radius 2 is 2.20 bits per heavy atom. The lowest BCUT2D eigenvalue weighted by Gasteiger charge is -2.39. The lowest BCUT2D eigenvalue weighted by Crippen LogP contribution is -2.54. The molecule has 1 aromatic heterocycles. The van der Waals surface area contributed by atoms with E-state index in [-0.39, 0.29) is 17.6 Å². The summed E-state index contributed by atoms with van der Waals surface area (Å²) in [5, 5.41) is 7.77. The van der Waals surface area contributed by atoms with E-state index in [0.29, 0.717) is 6.61 Å². The number of aromatic nitrogens is 3. The molecule has 1 saturated heterocycles. The Kier molecular flexibility index (Phi) is 5.61. The lowest BCUT2D eigenvalue weighted by molar-refractivity contribution is 0.0489. The minimum absolute atomic E-state index is 0.0162. The van der Waals surface area contributed by atoms with Crippen LogP contribution < -0.4 is 5.32 Å². The molecule has 3 rings (SSSR count). The van der Waals surface area contributed by atoms with Crippen LogP contribution in [0.3, 0.4) is 0 Å². The number of urea groups is 1. The van der Waals surface area contributed by atoms with Crippen LogP contribution in [0.4, 0.5) is 4.79 Å². The summed E-state index contributed by atoms with van der Waals surface area (Å²) >= 11 is 0. The Bertz CT molecular complexity index is 594. The van der Waals surface area contributed by atoms with Gasteiger partial charge < -0.3 is 15.0 Å². The second kappa shape index (κ2) is 7.72. The standard InChI is InChI=1S/C18H31N5O2/c1-4-9-18(13-25-3)10-7-11-22(18)17(24)19-14-8-6-12-23-16(14)20-15(5-2)21-23/h14H,4-13H2,1-3H3,(H,19,24)/t14-,18+/m1/s1. The third-order valence-corrected chi connectivity index (χ3v) is 5.50. The number of hydrogen-bond donors (Lipinski definition) is 1. The number of carbonyl (C=O) groups excluding carboxylic acids is 1. The first kappa shape index (κ1) is 18.2. The fourth-order valence-corrected chi connectivity index (χ4v) is 4.38. The van der Waals surface area contributed by atoms with Gasteiger partial charge in [-0.25, -0.2) is 14.5 Å². The minimum Gasteiger partial charge on any atom is -0.382 e. The van der Waals surface area contributed by atoms with Gasteiger partial charge in [-0.1, -0.05) is 20.3 Å². The van der Waals surface area contributed by atoms with Crippen LogP contribution in [0, 0.1) is 0 Å². The van der Waals surface area contributed by atoms with E-state index in [1.54, 1.807) is 7.11 Å². The molecule has 7 nitrogen and oxygen atoms in total. The zero-order chi connectivity index (χ0) is 17.9. The number of carbonyl (C=O) groups is 1. The maximum atomic E-state index is 13.1. The molecule has 140 valence electrons. The van der Waals surface area contributed by atoms with Gasteiger partial charge in [-0.05, 0) is 32.1 Å². The van der Waals surface area contributed by atoms with E-state index in [2.05, 4.69) is 29.2 Å². The van der Waals surface area contributed by atoms with Crippen molar-refractivity contribution >= 4 is 6.03 Å². The molecule has 0 aliphatic carbocycles. The smallest absolute Gasteiger partial charge is 0.318 e. The van der Waals surface area contributed by atoms with Crippen molar-refractivity contribution in [1.29, 1.82) is 0 Å². The van der Waals surface area contributed by atoms with Gasteiger partial charge in [-0.2, -0.15) is 5.10 Å². The van der Waals surface area contributed by atoms with Gasteiger partial charge in [0.15, 0.2) is 5.82 Å². The van der Waals surface area contributed by atoms with Crippen LogP contribution >= 0.6 is 0 Å². The summed E-state index contributed by atoms with van der Waals surface area (Å²) < 4.78 is 7.44. The van der Waals surface area contributed by atoms with E-state index < -0.39 is 0 Å². The third kappa shape index (κ3) is 3.52. The SMILES string of the molecule is CCC[C@@]1(COC)CCCN1C(=O)N[C@@H]1CCCn2nc(CC)nc21. The van der Waals surface area contributed by atoms with Crippen LogP contribution in [0.25, 0.3) is 0 Å². The molecule has 0 spiro atoms. The molecular formula is C18H31N5O2.